The van der Waals surface area contributed by atoms with Crippen LogP contribution in [0.3, 0.4) is 0 Å². The number of nitrogens with one attached hydrogen (secondary N) is 1. The predicted octanol–water partition coefficient (Wildman–Crippen LogP) is 6.51. The SMILES string of the molecule is Cc1ccc(Cn2cc(Br)c(NC(=O)c3cc(COc4ccc(C)cc4C)cs3)n2)cc1. The molecule has 0 saturated carbocycles. The van der Waals surface area contributed by atoms with Crippen molar-refractivity contribution in [3.8, 4) is 5.75 Å². The number of aryl methyl sites for hydroxylation is 3. The molecular formula is C25H24BrN3O2S. The van der Waals surface area contributed by atoms with Crippen LogP contribution in [0, 0.1) is 20.8 Å². The zero-order valence-corrected chi connectivity index (χ0v) is 20.6. The second-order valence-corrected chi connectivity index (χ2v) is 9.61. The lowest BCUT2D eigenvalue weighted by Gasteiger charge is -2.08. The Morgan fingerprint density at radius 1 is 1.06 bits per heavy atom. The smallest absolute Gasteiger partial charge is 0.266 e. The van der Waals surface area contributed by atoms with Gasteiger partial charge in [-0.3, -0.25) is 9.48 Å². The van der Waals surface area contributed by atoms with Gasteiger partial charge in [0.15, 0.2) is 5.82 Å². The lowest BCUT2D eigenvalue weighted by molar-refractivity contribution is 0.103. The van der Waals surface area contributed by atoms with Crippen molar-refractivity contribution in [2.45, 2.75) is 33.9 Å². The molecule has 0 atom stereocenters. The molecule has 0 unspecified atom stereocenters. The van der Waals surface area contributed by atoms with Crippen LogP contribution in [-0.4, -0.2) is 15.7 Å². The quantitative estimate of drug-likeness (QED) is 0.308. The third-order valence-corrected chi connectivity index (χ3v) is 6.57. The molecule has 0 saturated heterocycles. The van der Waals surface area contributed by atoms with Crippen LogP contribution < -0.4 is 10.1 Å². The Labute approximate surface area is 200 Å². The van der Waals surface area contributed by atoms with E-state index in [0.29, 0.717) is 23.8 Å². The van der Waals surface area contributed by atoms with Gasteiger partial charge >= 0.3 is 0 Å². The molecule has 4 rings (SSSR count). The summed E-state index contributed by atoms with van der Waals surface area (Å²) >= 11 is 4.89. The van der Waals surface area contributed by atoms with Crippen molar-refractivity contribution in [3.05, 3.63) is 97.3 Å². The Morgan fingerprint density at radius 3 is 2.56 bits per heavy atom. The molecule has 0 fully saturated rings. The zero-order valence-electron chi connectivity index (χ0n) is 18.2. The summed E-state index contributed by atoms with van der Waals surface area (Å²) in [5, 5.41) is 9.35. The molecule has 0 radical (unpaired) electrons. The van der Waals surface area contributed by atoms with E-state index in [2.05, 4.69) is 70.5 Å². The standard InChI is InChI=1S/C25H24BrN3O2S/c1-16-4-7-19(8-5-16)12-29-13-21(26)24(28-29)27-25(30)23-11-20(15-32-23)14-31-22-9-6-17(2)10-18(22)3/h4-11,13,15H,12,14H2,1-3H3,(H,27,28,30). The van der Waals surface area contributed by atoms with Crippen molar-refractivity contribution in [2.24, 2.45) is 0 Å². The van der Waals surface area contributed by atoms with E-state index in [9.17, 15) is 4.79 Å². The molecular weight excluding hydrogens is 486 g/mol. The molecule has 0 spiro atoms. The summed E-state index contributed by atoms with van der Waals surface area (Å²) in [7, 11) is 0. The van der Waals surface area contributed by atoms with E-state index in [4.69, 9.17) is 4.74 Å². The maximum Gasteiger partial charge on any atom is 0.266 e. The van der Waals surface area contributed by atoms with Crippen LogP contribution in [-0.2, 0) is 13.2 Å². The second-order valence-electron chi connectivity index (χ2n) is 7.84. The minimum atomic E-state index is -0.186. The summed E-state index contributed by atoms with van der Waals surface area (Å²) in [6, 6.07) is 16.3. The van der Waals surface area contributed by atoms with Gasteiger partial charge in [-0.15, -0.1) is 11.3 Å². The van der Waals surface area contributed by atoms with Crippen molar-refractivity contribution in [2.75, 3.05) is 5.32 Å². The maximum absolute atomic E-state index is 12.7. The van der Waals surface area contributed by atoms with Gasteiger partial charge in [-0.05, 0) is 65.3 Å². The molecule has 0 bridgehead atoms. The number of hydrogen-bond acceptors (Lipinski definition) is 4. The fourth-order valence-corrected chi connectivity index (χ4v) is 4.51. The molecule has 4 aromatic rings. The molecule has 2 aromatic carbocycles. The number of anilines is 1. The molecule has 0 aliphatic heterocycles. The number of rotatable bonds is 7. The van der Waals surface area contributed by atoms with E-state index in [-0.39, 0.29) is 5.91 Å². The van der Waals surface area contributed by atoms with E-state index in [0.717, 1.165) is 26.9 Å². The normalized spacial score (nSPS) is 10.9. The Bertz CT molecular complexity index is 1240. The average molecular weight is 510 g/mol. The molecule has 2 aromatic heterocycles. The van der Waals surface area contributed by atoms with Crippen LogP contribution in [0.2, 0.25) is 0 Å². The highest BCUT2D eigenvalue weighted by atomic mass is 79.9. The molecule has 7 heteroatoms. The Kier molecular flexibility index (Phi) is 6.77. The van der Waals surface area contributed by atoms with Gasteiger partial charge in [-0.25, -0.2) is 0 Å². The van der Waals surface area contributed by atoms with E-state index in [1.807, 2.05) is 41.4 Å². The van der Waals surface area contributed by atoms with Crippen LogP contribution in [0.25, 0.3) is 0 Å². The van der Waals surface area contributed by atoms with E-state index in [1.54, 1.807) is 0 Å². The number of thiophene rings is 1. The first kappa shape index (κ1) is 22.3. The largest absolute Gasteiger partial charge is 0.489 e. The summed E-state index contributed by atoms with van der Waals surface area (Å²) < 4.78 is 8.48. The molecule has 1 amide bonds. The van der Waals surface area contributed by atoms with Crippen LogP contribution in [0.5, 0.6) is 5.75 Å². The van der Waals surface area contributed by atoms with Gasteiger partial charge in [-0.2, -0.15) is 5.10 Å². The molecule has 32 heavy (non-hydrogen) atoms. The lowest BCUT2D eigenvalue weighted by Crippen LogP contribution is -2.11. The molecule has 5 nitrogen and oxygen atoms in total. The Hall–Kier alpha value is -2.90. The van der Waals surface area contributed by atoms with Gasteiger partial charge in [0, 0.05) is 11.8 Å². The van der Waals surface area contributed by atoms with E-state index >= 15 is 0 Å². The first-order chi connectivity index (χ1) is 15.4. The molecule has 2 heterocycles. The fourth-order valence-electron chi connectivity index (χ4n) is 3.31. The molecule has 164 valence electrons. The molecule has 0 aliphatic carbocycles. The Morgan fingerprint density at radius 2 is 1.81 bits per heavy atom. The summed E-state index contributed by atoms with van der Waals surface area (Å²) in [5.74, 6) is 1.17. The number of hydrogen-bond donors (Lipinski definition) is 1. The number of carbonyl (C=O) groups is 1. The van der Waals surface area contributed by atoms with Gasteiger partial charge in [-0.1, -0.05) is 47.5 Å². The minimum Gasteiger partial charge on any atom is -0.489 e. The number of amides is 1. The summed E-state index contributed by atoms with van der Waals surface area (Å²) in [4.78, 5) is 13.4. The molecule has 0 aliphatic rings. The number of ether oxygens (including phenoxy) is 1. The monoisotopic (exact) mass is 509 g/mol. The average Bonchev–Trinajstić information content (AvgIpc) is 3.36. The molecule has 1 N–H and O–H groups in total. The van der Waals surface area contributed by atoms with Gasteiger partial charge in [0.05, 0.1) is 15.9 Å². The van der Waals surface area contributed by atoms with Gasteiger partial charge in [0.1, 0.15) is 12.4 Å². The lowest BCUT2D eigenvalue weighted by atomic mass is 10.1. The van der Waals surface area contributed by atoms with Crippen LogP contribution in [0.1, 0.15) is 37.5 Å². The van der Waals surface area contributed by atoms with Gasteiger partial charge in [0.25, 0.3) is 5.91 Å². The third kappa shape index (κ3) is 5.47. The van der Waals surface area contributed by atoms with Crippen LogP contribution in [0.4, 0.5) is 5.82 Å². The fraction of sp³-hybridized carbons (Fsp3) is 0.200. The van der Waals surface area contributed by atoms with Crippen molar-refractivity contribution in [1.82, 2.24) is 9.78 Å². The highest BCUT2D eigenvalue weighted by molar-refractivity contribution is 9.10. The second kappa shape index (κ2) is 9.71. The van der Waals surface area contributed by atoms with E-state index in [1.165, 1.54) is 22.5 Å². The number of halogens is 1. The minimum absolute atomic E-state index is 0.186. The van der Waals surface area contributed by atoms with Crippen LogP contribution in [0.15, 0.2) is 64.6 Å². The van der Waals surface area contributed by atoms with Crippen molar-refractivity contribution < 1.29 is 9.53 Å². The number of aromatic nitrogens is 2. The van der Waals surface area contributed by atoms with E-state index < -0.39 is 0 Å². The van der Waals surface area contributed by atoms with Crippen molar-refractivity contribution in [1.29, 1.82) is 0 Å². The van der Waals surface area contributed by atoms with Gasteiger partial charge < -0.3 is 10.1 Å². The third-order valence-electron chi connectivity index (χ3n) is 5.02. The highest BCUT2D eigenvalue weighted by Crippen LogP contribution is 2.24. The van der Waals surface area contributed by atoms with Gasteiger partial charge in [0.2, 0.25) is 0 Å². The maximum atomic E-state index is 12.7. The predicted molar refractivity (Wildman–Crippen MR) is 133 cm³/mol. The zero-order chi connectivity index (χ0) is 22.7. The first-order valence-electron chi connectivity index (χ1n) is 10.2. The highest BCUT2D eigenvalue weighted by Gasteiger charge is 2.15. The van der Waals surface area contributed by atoms with Crippen molar-refractivity contribution in [3.63, 3.8) is 0 Å². The van der Waals surface area contributed by atoms with Crippen molar-refractivity contribution >= 4 is 39.0 Å². The number of benzene rings is 2. The summed E-state index contributed by atoms with van der Waals surface area (Å²) in [6.07, 6.45) is 1.87. The first-order valence-corrected chi connectivity index (χ1v) is 11.9. The topological polar surface area (TPSA) is 56.2 Å². The number of nitrogens with zero attached hydrogens (tertiary/aromatic N) is 2. The summed E-state index contributed by atoms with van der Waals surface area (Å²) in [5.41, 5.74) is 5.64. The number of carbonyl (C=O) groups excluding carboxylic acids is 1. The van der Waals surface area contributed by atoms with Crippen LogP contribution >= 0.6 is 27.3 Å². The summed E-state index contributed by atoms with van der Waals surface area (Å²) in [6.45, 7) is 7.21. The Balaban J connectivity index is 1.37.